The molecule has 0 heterocycles. The first-order valence-electron chi connectivity index (χ1n) is 5.14. The second-order valence-corrected chi connectivity index (χ2v) is 6.23. The fourth-order valence-corrected chi connectivity index (χ4v) is 2.26. The maximum absolute atomic E-state index is 12.7. The predicted octanol–water partition coefficient (Wildman–Crippen LogP) is 1.21. The molecule has 0 bridgehead atoms. The molecule has 0 radical (unpaired) electrons. The summed E-state index contributed by atoms with van der Waals surface area (Å²) in [7, 11) is -3.82. The Morgan fingerprint density at radius 2 is 1.83 bits per heavy atom. The molecule has 18 heavy (non-hydrogen) atoms. The van der Waals surface area contributed by atoms with Crippen LogP contribution in [0.1, 0.15) is 13.8 Å². The molecule has 1 aromatic rings. The molecule has 0 unspecified atom stereocenters. The van der Waals surface area contributed by atoms with Crippen molar-refractivity contribution < 1.29 is 22.7 Å². The highest BCUT2D eigenvalue weighted by Crippen LogP contribution is 2.16. The van der Waals surface area contributed by atoms with Crippen molar-refractivity contribution in [3.05, 3.63) is 30.1 Å². The number of aliphatic carboxylic acids is 1. The van der Waals surface area contributed by atoms with E-state index in [0.29, 0.717) is 0 Å². The van der Waals surface area contributed by atoms with Crippen LogP contribution in [0.25, 0.3) is 0 Å². The molecule has 0 fully saturated rings. The molecule has 0 aliphatic rings. The zero-order valence-electron chi connectivity index (χ0n) is 9.97. The van der Waals surface area contributed by atoms with E-state index in [1.165, 1.54) is 13.8 Å². The lowest BCUT2D eigenvalue weighted by Gasteiger charge is -2.19. The normalized spacial score (nSPS) is 12.4. The standard InChI is InChI=1S/C11H14FNO4S/c1-11(2,10(14)15)7-13-18(16,17)9-5-3-8(12)4-6-9/h3-6,13H,7H2,1-2H3,(H,14,15). The van der Waals surface area contributed by atoms with Gasteiger partial charge in [-0.15, -0.1) is 0 Å². The highest BCUT2D eigenvalue weighted by molar-refractivity contribution is 7.89. The summed E-state index contributed by atoms with van der Waals surface area (Å²) < 4.78 is 38.4. The van der Waals surface area contributed by atoms with Gasteiger partial charge in [0.25, 0.3) is 0 Å². The maximum Gasteiger partial charge on any atom is 0.310 e. The van der Waals surface area contributed by atoms with Crippen LogP contribution in [0, 0.1) is 11.2 Å². The average molecular weight is 275 g/mol. The van der Waals surface area contributed by atoms with E-state index in [1.807, 2.05) is 0 Å². The minimum Gasteiger partial charge on any atom is -0.481 e. The number of benzene rings is 1. The third-order valence-electron chi connectivity index (χ3n) is 2.41. The second kappa shape index (κ2) is 5.03. The zero-order valence-corrected chi connectivity index (χ0v) is 10.8. The Kier molecular flexibility index (Phi) is 4.08. The molecule has 2 N–H and O–H groups in total. The van der Waals surface area contributed by atoms with E-state index >= 15 is 0 Å². The Labute approximate surface area is 105 Å². The number of carboxylic acids is 1. The lowest BCUT2D eigenvalue weighted by molar-refractivity contribution is -0.146. The topological polar surface area (TPSA) is 83.5 Å². The highest BCUT2D eigenvalue weighted by Gasteiger charge is 2.29. The number of carbonyl (C=O) groups is 1. The van der Waals surface area contributed by atoms with Gasteiger partial charge in [0.2, 0.25) is 10.0 Å². The van der Waals surface area contributed by atoms with Crippen molar-refractivity contribution >= 4 is 16.0 Å². The number of halogens is 1. The van der Waals surface area contributed by atoms with E-state index in [9.17, 15) is 17.6 Å². The van der Waals surface area contributed by atoms with Gasteiger partial charge in [0.15, 0.2) is 0 Å². The summed E-state index contributed by atoms with van der Waals surface area (Å²) in [6.45, 7) is 2.56. The van der Waals surface area contributed by atoms with Crippen LogP contribution in [0.3, 0.4) is 0 Å². The quantitative estimate of drug-likeness (QED) is 0.846. The molecule has 0 saturated heterocycles. The summed E-state index contributed by atoms with van der Waals surface area (Å²) in [5.74, 6) is -1.65. The fraction of sp³-hybridized carbons (Fsp3) is 0.364. The van der Waals surface area contributed by atoms with Crippen LogP contribution in [0.2, 0.25) is 0 Å². The molecule has 0 spiro atoms. The number of sulfonamides is 1. The van der Waals surface area contributed by atoms with Gasteiger partial charge in [0.05, 0.1) is 10.3 Å². The van der Waals surface area contributed by atoms with Crippen LogP contribution in [-0.4, -0.2) is 26.0 Å². The zero-order chi connectivity index (χ0) is 14.0. The van der Waals surface area contributed by atoms with Crippen LogP contribution in [0.15, 0.2) is 29.2 Å². The van der Waals surface area contributed by atoms with E-state index in [-0.39, 0.29) is 11.4 Å². The summed E-state index contributed by atoms with van der Waals surface area (Å²) in [5, 5.41) is 8.86. The predicted molar refractivity (Wildman–Crippen MR) is 63.0 cm³/mol. The van der Waals surface area contributed by atoms with Gasteiger partial charge in [-0.2, -0.15) is 0 Å². The largest absolute Gasteiger partial charge is 0.481 e. The molecule has 1 rings (SSSR count). The molecule has 0 saturated carbocycles. The van der Waals surface area contributed by atoms with Gasteiger partial charge in [-0.25, -0.2) is 17.5 Å². The number of hydrogen-bond donors (Lipinski definition) is 2. The molecular formula is C11H14FNO4S. The van der Waals surface area contributed by atoms with Crippen molar-refractivity contribution in [2.45, 2.75) is 18.7 Å². The summed E-state index contributed by atoms with van der Waals surface area (Å²) >= 11 is 0. The Morgan fingerprint density at radius 3 is 2.28 bits per heavy atom. The third-order valence-corrected chi connectivity index (χ3v) is 3.82. The lowest BCUT2D eigenvalue weighted by Crippen LogP contribution is -2.38. The van der Waals surface area contributed by atoms with E-state index in [0.717, 1.165) is 24.3 Å². The fourth-order valence-electron chi connectivity index (χ4n) is 1.05. The van der Waals surface area contributed by atoms with Crippen LogP contribution >= 0.6 is 0 Å². The first-order chi connectivity index (χ1) is 8.15. The second-order valence-electron chi connectivity index (χ2n) is 4.47. The van der Waals surface area contributed by atoms with Crippen molar-refractivity contribution in [3.8, 4) is 0 Å². The van der Waals surface area contributed by atoms with Crippen molar-refractivity contribution in [3.63, 3.8) is 0 Å². The molecule has 7 heteroatoms. The first kappa shape index (κ1) is 14.6. The molecule has 0 aliphatic carbocycles. The number of nitrogens with one attached hydrogen (secondary N) is 1. The molecule has 0 amide bonds. The van der Waals surface area contributed by atoms with E-state index in [1.54, 1.807) is 0 Å². The monoisotopic (exact) mass is 275 g/mol. The van der Waals surface area contributed by atoms with E-state index < -0.39 is 27.2 Å². The Balaban J connectivity index is 2.84. The van der Waals surface area contributed by atoms with Crippen LogP contribution in [0.4, 0.5) is 4.39 Å². The number of hydrogen-bond acceptors (Lipinski definition) is 3. The average Bonchev–Trinajstić information content (AvgIpc) is 2.27. The number of carboxylic acid groups (broad SMARTS) is 1. The van der Waals surface area contributed by atoms with Gasteiger partial charge >= 0.3 is 5.97 Å². The minimum atomic E-state index is -3.82. The van der Waals surface area contributed by atoms with Gasteiger partial charge in [-0.3, -0.25) is 4.79 Å². The summed E-state index contributed by atoms with van der Waals surface area (Å²) in [6.07, 6.45) is 0. The van der Waals surface area contributed by atoms with Crippen molar-refractivity contribution in [2.75, 3.05) is 6.54 Å². The Morgan fingerprint density at radius 1 is 1.33 bits per heavy atom. The molecule has 0 atom stereocenters. The summed E-state index contributed by atoms with van der Waals surface area (Å²) in [5.41, 5.74) is -1.22. The van der Waals surface area contributed by atoms with Crippen molar-refractivity contribution in [2.24, 2.45) is 5.41 Å². The molecule has 1 aromatic carbocycles. The van der Waals surface area contributed by atoms with E-state index in [2.05, 4.69) is 4.72 Å². The molecular weight excluding hydrogens is 261 g/mol. The lowest BCUT2D eigenvalue weighted by atomic mass is 9.95. The van der Waals surface area contributed by atoms with Gasteiger partial charge in [0, 0.05) is 6.54 Å². The van der Waals surface area contributed by atoms with Crippen LogP contribution in [0.5, 0.6) is 0 Å². The third kappa shape index (κ3) is 3.51. The van der Waals surface area contributed by atoms with Gasteiger partial charge in [0.1, 0.15) is 5.82 Å². The Bertz CT molecular complexity index is 537. The molecule has 100 valence electrons. The highest BCUT2D eigenvalue weighted by atomic mass is 32.2. The van der Waals surface area contributed by atoms with Crippen molar-refractivity contribution in [1.82, 2.24) is 4.72 Å². The van der Waals surface area contributed by atoms with Gasteiger partial charge in [-0.05, 0) is 38.1 Å². The smallest absolute Gasteiger partial charge is 0.310 e. The van der Waals surface area contributed by atoms with Crippen molar-refractivity contribution in [1.29, 1.82) is 0 Å². The van der Waals surface area contributed by atoms with Gasteiger partial charge < -0.3 is 5.11 Å². The van der Waals surface area contributed by atoms with Crippen LogP contribution in [-0.2, 0) is 14.8 Å². The first-order valence-corrected chi connectivity index (χ1v) is 6.62. The SMILES string of the molecule is CC(C)(CNS(=O)(=O)c1ccc(F)cc1)C(=O)O. The summed E-state index contributed by atoms with van der Waals surface area (Å²) in [4.78, 5) is 10.7. The number of rotatable bonds is 5. The molecule has 0 aromatic heterocycles. The maximum atomic E-state index is 12.7. The molecule has 5 nitrogen and oxygen atoms in total. The van der Waals surface area contributed by atoms with Crippen LogP contribution < -0.4 is 4.72 Å². The summed E-state index contributed by atoms with van der Waals surface area (Å²) in [6, 6.07) is 4.28. The Hall–Kier alpha value is -1.47. The van der Waals surface area contributed by atoms with E-state index in [4.69, 9.17) is 5.11 Å². The van der Waals surface area contributed by atoms with Gasteiger partial charge in [-0.1, -0.05) is 0 Å². The minimum absolute atomic E-state index is 0.106. The molecule has 0 aliphatic heterocycles.